The van der Waals surface area contributed by atoms with Gasteiger partial charge in [-0.3, -0.25) is 4.79 Å². The van der Waals surface area contributed by atoms with Gasteiger partial charge in [-0.15, -0.1) is 0 Å². The number of hydrogen-bond acceptors (Lipinski definition) is 19. The molecule has 0 bridgehead atoms. The van der Waals surface area contributed by atoms with Crippen molar-refractivity contribution in [2.75, 3.05) is 19.8 Å². The van der Waals surface area contributed by atoms with E-state index in [1.165, 1.54) is 6.92 Å². The number of epoxide rings is 1. The lowest BCUT2D eigenvalue weighted by molar-refractivity contribution is -0.398. The second-order valence-corrected chi connectivity index (χ2v) is 22.9. The summed E-state index contributed by atoms with van der Waals surface area (Å²) in [6.45, 7) is 15.3. The first kappa shape index (κ1) is 51.9. The Morgan fingerprint density at radius 1 is 0.716 bits per heavy atom. The van der Waals surface area contributed by atoms with Gasteiger partial charge in [-0.2, -0.15) is 0 Å². The van der Waals surface area contributed by atoms with Crippen LogP contribution in [0.1, 0.15) is 107 Å². The zero-order valence-corrected chi connectivity index (χ0v) is 40.1. The summed E-state index contributed by atoms with van der Waals surface area (Å²) in [5.41, 5.74) is -1.02. The molecule has 5 aliphatic heterocycles. The highest BCUT2D eigenvalue weighted by molar-refractivity contribution is 5.73. The topological polar surface area (TPSA) is 297 Å². The fourth-order valence-corrected chi connectivity index (χ4v) is 14.7. The van der Waals surface area contributed by atoms with Gasteiger partial charge in [0.15, 0.2) is 18.9 Å². The van der Waals surface area contributed by atoms with Gasteiger partial charge in [0.25, 0.3) is 0 Å². The highest BCUT2D eigenvalue weighted by Crippen LogP contribution is 2.75. The van der Waals surface area contributed by atoms with E-state index in [4.69, 9.17) is 37.9 Å². The summed E-state index contributed by atoms with van der Waals surface area (Å²) in [6, 6.07) is 0. The third-order valence-corrected chi connectivity index (χ3v) is 18.3. The van der Waals surface area contributed by atoms with E-state index < -0.39 is 134 Å². The van der Waals surface area contributed by atoms with E-state index in [1.54, 1.807) is 0 Å². The third-order valence-electron chi connectivity index (χ3n) is 18.3. The van der Waals surface area contributed by atoms with Crippen LogP contribution in [0, 0.1) is 39.4 Å². The highest BCUT2D eigenvalue weighted by Gasteiger charge is 2.74. The number of carbonyl (C=O) groups is 1. The van der Waals surface area contributed by atoms with Gasteiger partial charge in [0.2, 0.25) is 0 Å². The summed E-state index contributed by atoms with van der Waals surface area (Å²) < 4.78 is 49.7. The molecule has 19 heteroatoms. The number of fused-ring (bicyclic) bond motifs is 4. The molecule has 1 spiro atoms. The summed E-state index contributed by atoms with van der Waals surface area (Å²) in [5, 5.41) is 108. The Kier molecular flexibility index (Phi) is 14.6. The fourth-order valence-electron chi connectivity index (χ4n) is 14.7. The number of aliphatic hydroxyl groups excluding tert-OH is 10. The number of hydrogen-bond donors (Lipinski definition) is 10. The average Bonchev–Trinajstić information content (AvgIpc) is 3.74. The van der Waals surface area contributed by atoms with Crippen LogP contribution in [0.15, 0.2) is 11.6 Å². The molecule has 3 saturated carbocycles. The minimum atomic E-state index is -1.88. The van der Waals surface area contributed by atoms with Crippen molar-refractivity contribution in [2.24, 2.45) is 39.4 Å². The lowest BCUT2D eigenvalue weighted by Crippen LogP contribution is -2.68. The first-order chi connectivity index (χ1) is 31.4. The Morgan fingerprint density at radius 2 is 1.33 bits per heavy atom. The maximum absolute atomic E-state index is 13.3. The summed E-state index contributed by atoms with van der Waals surface area (Å²) in [4.78, 5) is 13.3. The Labute approximate surface area is 392 Å². The minimum Gasteiger partial charge on any atom is -0.465 e. The van der Waals surface area contributed by atoms with Crippen molar-refractivity contribution in [3.05, 3.63) is 11.6 Å². The zero-order valence-electron chi connectivity index (χ0n) is 40.1. The summed E-state index contributed by atoms with van der Waals surface area (Å²) in [7, 11) is 0. The average molecular weight is 959 g/mol. The number of carbonyl (C=O) groups excluding carboxylic acids is 1. The molecule has 19 nitrogen and oxygen atoms in total. The molecule has 10 N–H and O–H groups in total. The molecule has 0 aromatic heterocycles. The fraction of sp³-hybridized carbons (Fsp3) is 0.938. The maximum Gasteiger partial charge on any atom is 0.306 e. The Hall–Kier alpha value is -1.47. The van der Waals surface area contributed by atoms with Gasteiger partial charge in [0.1, 0.15) is 67.1 Å². The molecule has 0 aromatic carbocycles. The smallest absolute Gasteiger partial charge is 0.306 e. The number of ether oxygens (including phenoxy) is 8. The molecule has 384 valence electrons. The van der Waals surface area contributed by atoms with Gasteiger partial charge < -0.3 is 89.0 Å². The highest BCUT2D eigenvalue weighted by atomic mass is 16.8. The van der Waals surface area contributed by atoms with E-state index in [-0.39, 0.29) is 40.7 Å². The minimum absolute atomic E-state index is 0.0595. The van der Waals surface area contributed by atoms with E-state index in [2.05, 4.69) is 34.6 Å². The molecule has 0 unspecified atom stereocenters. The molecular weight excluding hydrogens is 881 g/mol. The Balaban J connectivity index is 1.07. The van der Waals surface area contributed by atoms with Crippen molar-refractivity contribution >= 4 is 5.97 Å². The molecular formula is C48H78O19. The molecule has 0 aromatic rings. The third kappa shape index (κ3) is 8.78. The molecule has 3 aliphatic carbocycles. The molecule has 8 fully saturated rings. The van der Waals surface area contributed by atoms with Gasteiger partial charge in [-0.05, 0) is 100 Å². The van der Waals surface area contributed by atoms with E-state index in [9.17, 15) is 55.9 Å². The van der Waals surface area contributed by atoms with Gasteiger partial charge in [-0.25, -0.2) is 0 Å². The van der Waals surface area contributed by atoms with E-state index in [1.807, 2.05) is 19.9 Å². The summed E-state index contributed by atoms with van der Waals surface area (Å²) in [6.07, 6.45) is -17.9. The van der Waals surface area contributed by atoms with Crippen molar-refractivity contribution in [1.82, 2.24) is 0 Å². The molecule has 8 rings (SSSR count). The normalized spacial score (nSPS) is 53.3. The molecule has 8 aliphatic rings. The second kappa shape index (κ2) is 18.9. The van der Waals surface area contributed by atoms with Gasteiger partial charge in [-0.1, -0.05) is 39.3 Å². The standard InChI is InChI=1S/C48H78O19/c1-21(2)15-23(51)16-47(8)40(67-47)24-9-10-28-45(6)13-12-29(44(4,5)27(45)11-14-46(28,7)48(24)17-30(52)60-20-48)64-43-39(66-41-36(58)34(56)31(53)22(3)61-41)38(33(55)26(19-50)63-43)65-42-37(59)35(57)32(54)25(18-49)62-42/h15,22-29,31-43,49-51,53-59H,9-14,16-20H2,1-8H3/t22-,23-,24+,25+,26+,27-,28+,29-,31-,32+,33+,34+,35-,36+,37+,38-,39+,40-,41-,42-,43-,45-,46+,47-,48-/m0/s1. The first-order valence-corrected chi connectivity index (χ1v) is 24.4. The van der Waals surface area contributed by atoms with Gasteiger partial charge >= 0.3 is 5.97 Å². The van der Waals surface area contributed by atoms with Crippen LogP contribution in [0.4, 0.5) is 0 Å². The van der Waals surface area contributed by atoms with E-state index >= 15 is 0 Å². The van der Waals surface area contributed by atoms with Gasteiger partial charge in [0, 0.05) is 11.8 Å². The van der Waals surface area contributed by atoms with Crippen LogP contribution in [0.5, 0.6) is 0 Å². The van der Waals surface area contributed by atoms with Crippen molar-refractivity contribution in [2.45, 2.75) is 223 Å². The van der Waals surface area contributed by atoms with Crippen molar-refractivity contribution in [3.8, 4) is 0 Å². The molecule has 5 heterocycles. The van der Waals surface area contributed by atoms with Crippen LogP contribution >= 0.6 is 0 Å². The van der Waals surface area contributed by atoms with E-state index in [0.717, 1.165) is 37.7 Å². The lowest BCUT2D eigenvalue weighted by Gasteiger charge is -2.70. The number of rotatable bonds is 12. The van der Waals surface area contributed by atoms with Crippen LogP contribution in [-0.2, 0) is 42.7 Å². The largest absolute Gasteiger partial charge is 0.465 e. The predicted octanol–water partition coefficient (Wildman–Crippen LogP) is -0.0757. The van der Waals surface area contributed by atoms with Crippen molar-refractivity contribution < 1.29 is 93.8 Å². The van der Waals surface area contributed by atoms with E-state index in [0.29, 0.717) is 25.9 Å². The van der Waals surface area contributed by atoms with Gasteiger partial charge in [0.05, 0.1) is 56.3 Å². The molecule has 0 amide bonds. The number of cyclic esters (lactones) is 1. The maximum atomic E-state index is 13.3. The lowest BCUT2D eigenvalue weighted by atomic mass is 9.34. The molecule has 25 atom stereocenters. The van der Waals surface area contributed by atoms with Crippen LogP contribution in [0.2, 0.25) is 0 Å². The van der Waals surface area contributed by atoms with Crippen molar-refractivity contribution in [1.29, 1.82) is 0 Å². The Bertz CT molecular complexity index is 1800. The van der Waals surface area contributed by atoms with Crippen LogP contribution in [0.25, 0.3) is 0 Å². The molecule has 67 heavy (non-hydrogen) atoms. The predicted molar refractivity (Wildman–Crippen MR) is 232 cm³/mol. The quantitative estimate of drug-likeness (QED) is 0.0530. The number of aliphatic hydroxyl groups is 10. The summed E-state index contributed by atoms with van der Waals surface area (Å²) >= 11 is 0. The Morgan fingerprint density at radius 3 is 1.96 bits per heavy atom. The molecule has 5 saturated heterocycles. The molecule has 0 radical (unpaired) electrons. The zero-order chi connectivity index (χ0) is 48.9. The second-order valence-electron chi connectivity index (χ2n) is 22.9. The first-order valence-electron chi connectivity index (χ1n) is 24.4. The monoisotopic (exact) mass is 959 g/mol. The van der Waals surface area contributed by atoms with Crippen LogP contribution in [0.3, 0.4) is 0 Å². The SMILES string of the molecule is CC(C)=C[C@H](O)C[C@]1(C)O[C@H]1[C@H]1CC[C@@H]2[C@@]3(C)CC[C@H](O[C@@H]4O[C@H](CO)[C@@H](O)[C@H](O[C@@H]5O[C@H](CO)[C@@H](O)[C@H](O)[C@H]5O)[C@H]4O[C@@H]4O[C@@H](C)[C@H](O)[C@@H](O)[C@H]4O)C(C)(C)[C@@H]3CC[C@@]2(C)[C@@]12COC(=O)C2. The number of allylic oxidation sites excluding steroid dienone is 1. The van der Waals surface area contributed by atoms with Crippen LogP contribution in [-0.4, -0.2) is 193 Å². The van der Waals surface area contributed by atoms with Crippen molar-refractivity contribution in [3.63, 3.8) is 0 Å². The van der Waals surface area contributed by atoms with Crippen LogP contribution < -0.4 is 0 Å². The summed E-state index contributed by atoms with van der Waals surface area (Å²) in [5.74, 6) is 0.157. The number of esters is 1.